The number of methoxy groups -OCH3 is 1. The lowest BCUT2D eigenvalue weighted by molar-refractivity contribution is -0.135. The maximum atomic E-state index is 13.9. The molecule has 9 nitrogen and oxygen atoms in total. The number of rotatable bonds is 4. The number of para-hydroxylation sites is 1. The van der Waals surface area contributed by atoms with E-state index in [1.165, 1.54) is 16.5 Å². The first-order valence-electron chi connectivity index (χ1n) is 14.7. The minimum Gasteiger partial charge on any atom is -0.497 e. The third-order valence-electron chi connectivity index (χ3n) is 8.78. The van der Waals surface area contributed by atoms with Gasteiger partial charge in [-0.15, -0.1) is 5.10 Å². The summed E-state index contributed by atoms with van der Waals surface area (Å²) in [5, 5.41) is 13.1. The van der Waals surface area contributed by atoms with Gasteiger partial charge in [-0.3, -0.25) is 14.4 Å². The van der Waals surface area contributed by atoms with E-state index in [1.807, 2.05) is 41.2 Å². The van der Waals surface area contributed by atoms with Crippen LogP contribution in [-0.4, -0.2) is 50.6 Å². The van der Waals surface area contributed by atoms with E-state index < -0.39 is 5.41 Å². The Hall–Kier alpha value is -3.85. The monoisotopic (exact) mass is 556 g/mol. The molecule has 1 saturated heterocycles. The number of amides is 1. The van der Waals surface area contributed by atoms with E-state index in [0.29, 0.717) is 19.2 Å². The highest BCUT2D eigenvalue weighted by atomic mass is 16.5. The summed E-state index contributed by atoms with van der Waals surface area (Å²) in [6, 6.07) is 14.6. The Morgan fingerprint density at radius 3 is 2.71 bits per heavy atom. The lowest BCUT2D eigenvalue weighted by atomic mass is 9.73. The van der Waals surface area contributed by atoms with Gasteiger partial charge in [-0.1, -0.05) is 23.4 Å². The fraction of sp³-hybridized carbons (Fsp3) is 0.469. The summed E-state index contributed by atoms with van der Waals surface area (Å²) < 4.78 is 15.8. The van der Waals surface area contributed by atoms with Crippen LogP contribution < -0.4 is 14.8 Å². The number of aryl methyl sites for hydroxylation is 1. The highest BCUT2D eigenvalue weighted by molar-refractivity contribution is 5.86. The number of piperidine rings is 1. The Labute approximate surface area is 241 Å². The van der Waals surface area contributed by atoms with Crippen molar-refractivity contribution in [3.05, 3.63) is 71.7 Å². The number of nitrogens with zero attached hydrogens (tertiary/aromatic N) is 5. The van der Waals surface area contributed by atoms with Gasteiger partial charge in [-0.2, -0.15) is 0 Å². The molecule has 1 amide bonds. The molecule has 0 unspecified atom stereocenters. The summed E-state index contributed by atoms with van der Waals surface area (Å²) in [5.41, 5.74) is 3.90. The molecule has 6 rings (SSSR count). The van der Waals surface area contributed by atoms with Crippen LogP contribution in [0.5, 0.6) is 11.5 Å². The van der Waals surface area contributed by atoms with Crippen molar-refractivity contribution < 1.29 is 14.3 Å². The normalized spacial score (nSPS) is 18.1. The fourth-order valence-electron chi connectivity index (χ4n) is 6.35. The molecule has 2 aromatic carbocycles. The summed E-state index contributed by atoms with van der Waals surface area (Å²) in [4.78, 5) is 16.4. The average Bonchev–Trinajstić information content (AvgIpc) is 3.60. The smallest absolute Gasteiger partial charge is 0.226 e. The second kappa shape index (κ2) is 11.6. The highest BCUT2D eigenvalue weighted by Gasteiger charge is 2.41. The van der Waals surface area contributed by atoms with Crippen LogP contribution in [0.15, 0.2) is 54.9 Å². The number of hydrogen-bond acceptors (Lipinski definition) is 6. The SMILES string of the molecule is COc1ccc2c(c1)c(CN1CCC3(CCCn4cc(nn4)COc4ccccc4CNC3=O)CC1)cn2C(C)C. The molecule has 2 aliphatic heterocycles. The van der Waals surface area contributed by atoms with Crippen LogP contribution in [0.3, 0.4) is 0 Å². The van der Waals surface area contributed by atoms with Crippen LogP contribution in [-0.2, 0) is 31.0 Å². The Bertz CT molecular complexity index is 1510. The largest absolute Gasteiger partial charge is 0.497 e. The molecule has 2 aliphatic rings. The van der Waals surface area contributed by atoms with Crippen molar-refractivity contribution in [3.8, 4) is 11.5 Å². The first kappa shape index (κ1) is 27.3. The number of benzene rings is 2. The average molecular weight is 557 g/mol. The summed E-state index contributed by atoms with van der Waals surface area (Å²) in [7, 11) is 1.72. The third-order valence-corrected chi connectivity index (χ3v) is 8.78. The Morgan fingerprint density at radius 2 is 1.90 bits per heavy atom. The molecule has 0 saturated carbocycles. The van der Waals surface area contributed by atoms with Crippen molar-refractivity contribution in [2.45, 2.75) is 71.8 Å². The lowest BCUT2D eigenvalue weighted by Gasteiger charge is -2.41. The van der Waals surface area contributed by atoms with E-state index in [0.717, 1.165) is 74.6 Å². The second-order valence-electron chi connectivity index (χ2n) is 11.8. The maximum absolute atomic E-state index is 13.9. The molecule has 0 aliphatic carbocycles. The van der Waals surface area contributed by atoms with Gasteiger partial charge in [0.25, 0.3) is 0 Å². The first-order chi connectivity index (χ1) is 19.9. The minimum atomic E-state index is -0.408. The number of hydrogen-bond donors (Lipinski definition) is 1. The Balaban J connectivity index is 1.20. The van der Waals surface area contributed by atoms with Gasteiger partial charge in [0.1, 0.15) is 23.8 Å². The van der Waals surface area contributed by atoms with Crippen LogP contribution >= 0.6 is 0 Å². The molecule has 2 bridgehead atoms. The molecule has 1 N–H and O–H groups in total. The van der Waals surface area contributed by atoms with Gasteiger partial charge in [0, 0.05) is 48.3 Å². The van der Waals surface area contributed by atoms with E-state index in [1.54, 1.807) is 7.11 Å². The van der Waals surface area contributed by atoms with Gasteiger partial charge in [0.2, 0.25) is 5.91 Å². The van der Waals surface area contributed by atoms with E-state index >= 15 is 0 Å². The quantitative estimate of drug-likeness (QED) is 0.377. The predicted octanol–water partition coefficient (Wildman–Crippen LogP) is 5.09. The van der Waals surface area contributed by atoms with Crippen LogP contribution in [0.25, 0.3) is 10.9 Å². The van der Waals surface area contributed by atoms with Gasteiger partial charge in [0.15, 0.2) is 0 Å². The molecule has 2 aromatic heterocycles. The summed E-state index contributed by atoms with van der Waals surface area (Å²) in [6.45, 7) is 8.57. The highest BCUT2D eigenvalue weighted by Crippen LogP contribution is 2.38. The maximum Gasteiger partial charge on any atom is 0.226 e. The van der Waals surface area contributed by atoms with Gasteiger partial charge in [-0.05, 0) is 82.4 Å². The van der Waals surface area contributed by atoms with E-state index in [9.17, 15) is 4.79 Å². The van der Waals surface area contributed by atoms with Crippen molar-refractivity contribution in [2.24, 2.45) is 5.41 Å². The number of aromatic nitrogens is 4. The Kier molecular flexibility index (Phi) is 7.71. The predicted molar refractivity (Wildman–Crippen MR) is 158 cm³/mol. The van der Waals surface area contributed by atoms with Crippen LogP contribution in [0.1, 0.15) is 62.4 Å². The molecule has 1 fully saturated rings. The van der Waals surface area contributed by atoms with E-state index in [4.69, 9.17) is 9.47 Å². The zero-order valence-electron chi connectivity index (χ0n) is 24.3. The summed E-state index contributed by atoms with van der Waals surface area (Å²) >= 11 is 0. The molecule has 0 atom stereocenters. The third kappa shape index (κ3) is 5.68. The van der Waals surface area contributed by atoms with Gasteiger partial charge in [-0.25, -0.2) is 0 Å². The van der Waals surface area contributed by atoms with Gasteiger partial charge >= 0.3 is 0 Å². The number of carbonyl (C=O) groups is 1. The standard InChI is InChI=1S/C32H40N6O3/c1-23(2)38-20-25(28-17-27(40-3)9-10-29(28)38)19-36-15-12-32(13-16-36)11-6-14-37-21-26(34-35-37)22-41-30-8-5-4-7-24(30)18-33-31(32)39/h4-5,7-10,17,20-21,23H,6,11-16,18-19,22H2,1-3H3,(H,33,39). The summed E-state index contributed by atoms with van der Waals surface area (Å²) in [5.74, 6) is 1.78. The van der Waals surface area contributed by atoms with Gasteiger partial charge < -0.3 is 19.4 Å². The Morgan fingerprint density at radius 1 is 1.07 bits per heavy atom. The van der Waals surface area contributed by atoms with Crippen molar-refractivity contribution in [3.63, 3.8) is 0 Å². The molecule has 9 heteroatoms. The van der Waals surface area contributed by atoms with E-state index in [2.05, 4.69) is 57.3 Å². The number of carbonyl (C=O) groups excluding carboxylic acids is 1. The second-order valence-corrected chi connectivity index (χ2v) is 11.8. The molecule has 41 heavy (non-hydrogen) atoms. The van der Waals surface area contributed by atoms with Crippen molar-refractivity contribution in [1.29, 1.82) is 0 Å². The lowest BCUT2D eigenvalue weighted by Crippen LogP contribution is -2.48. The number of ether oxygens (including phenoxy) is 2. The molecule has 4 aromatic rings. The zero-order chi connectivity index (χ0) is 28.4. The minimum absolute atomic E-state index is 0.143. The van der Waals surface area contributed by atoms with Crippen molar-refractivity contribution >= 4 is 16.8 Å². The topological polar surface area (TPSA) is 86.4 Å². The number of likely N-dealkylation sites (tertiary alicyclic amines) is 1. The molecule has 4 heterocycles. The first-order valence-corrected chi connectivity index (χ1v) is 14.7. The number of fused-ring (bicyclic) bond motifs is 4. The van der Waals surface area contributed by atoms with Crippen LogP contribution in [0.4, 0.5) is 0 Å². The molecule has 0 radical (unpaired) electrons. The van der Waals surface area contributed by atoms with Crippen molar-refractivity contribution in [1.82, 2.24) is 29.8 Å². The molecule has 1 spiro atoms. The van der Waals surface area contributed by atoms with Crippen LogP contribution in [0, 0.1) is 5.41 Å². The van der Waals surface area contributed by atoms with Crippen LogP contribution in [0.2, 0.25) is 0 Å². The fourth-order valence-corrected chi connectivity index (χ4v) is 6.35. The zero-order valence-corrected chi connectivity index (χ0v) is 24.3. The molecular formula is C32H40N6O3. The van der Waals surface area contributed by atoms with Gasteiger partial charge in [0.05, 0.1) is 18.7 Å². The van der Waals surface area contributed by atoms with Crippen molar-refractivity contribution in [2.75, 3.05) is 20.2 Å². The van der Waals surface area contributed by atoms with E-state index in [-0.39, 0.29) is 5.91 Å². The molecular weight excluding hydrogens is 516 g/mol. The molecule has 216 valence electrons. The number of nitrogens with one attached hydrogen (secondary N) is 1. The summed E-state index contributed by atoms with van der Waals surface area (Å²) in [6.07, 6.45) is 7.59.